The molecular weight excluding hydrogens is 348 g/mol. The third kappa shape index (κ3) is 6.71. The van der Waals surface area contributed by atoms with Crippen molar-refractivity contribution in [1.82, 2.24) is 9.80 Å². The lowest BCUT2D eigenvalue weighted by molar-refractivity contribution is 0.0383. The van der Waals surface area contributed by atoms with Gasteiger partial charge in [0.2, 0.25) is 0 Å². The molecule has 0 amide bonds. The van der Waals surface area contributed by atoms with Crippen molar-refractivity contribution >= 4 is 0 Å². The number of aliphatic hydroxyl groups is 2. The number of aryl methyl sites for hydroxylation is 2. The second-order valence-electron chi connectivity index (χ2n) is 7.87. The van der Waals surface area contributed by atoms with Crippen molar-refractivity contribution in [2.45, 2.75) is 38.3 Å². The van der Waals surface area contributed by atoms with Gasteiger partial charge in [-0.05, 0) is 42.4 Å². The summed E-state index contributed by atoms with van der Waals surface area (Å²) in [6.45, 7) is 5.39. The molecule has 1 aliphatic heterocycles. The van der Waals surface area contributed by atoms with Crippen LogP contribution in [0.25, 0.3) is 0 Å². The predicted molar refractivity (Wildman–Crippen MR) is 114 cm³/mol. The topological polar surface area (TPSA) is 46.9 Å². The van der Waals surface area contributed by atoms with E-state index in [0.29, 0.717) is 6.54 Å². The quantitative estimate of drug-likeness (QED) is 0.835. The third-order valence-corrected chi connectivity index (χ3v) is 5.65. The summed E-state index contributed by atoms with van der Waals surface area (Å²) in [4.78, 5) is 4.64. The molecule has 4 nitrogen and oxygen atoms in total. The Balaban J connectivity index is 0.000000188. The van der Waals surface area contributed by atoms with Crippen molar-refractivity contribution in [3.05, 3.63) is 71.3 Å². The van der Waals surface area contributed by atoms with Gasteiger partial charge >= 0.3 is 0 Å². The average molecular weight is 383 g/mol. The van der Waals surface area contributed by atoms with Crippen molar-refractivity contribution in [3.8, 4) is 0 Å². The molecule has 28 heavy (non-hydrogen) atoms. The summed E-state index contributed by atoms with van der Waals surface area (Å²) in [6, 6.07) is 19.3. The SMILES string of the molecule is OCC(O)CN1CCN(Cc2ccccc2)CC1.c1ccc2c(c1)CCCC2. The van der Waals surface area contributed by atoms with Gasteiger partial charge in [-0.15, -0.1) is 0 Å². The van der Waals surface area contributed by atoms with Gasteiger partial charge in [0, 0.05) is 39.3 Å². The largest absolute Gasteiger partial charge is 0.394 e. The van der Waals surface area contributed by atoms with Gasteiger partial charge < -0.3 is 10.2 Å². The molecular formula is C24H34N2O2. The molecule has 2 N–H and O–H groups in total. The Bertz CT molecular complexity index is 659. The van der Waals surface area contributed by atoms with Gasteiger partial charge in [-0.2, -0.15) is 0 Å². The lowest BCUT2D eigenvalue weighted by Gasteiger charge is -2.35. The number of rotatable bonds is 5. The van der Waals surface area contributed by atoms with Crippen LogP contribution in [0.3, 0.4) is 0 Å². The van der Waals surface area contributed by atoms with Crippen molar-refractivity contribution in [1.29, 1.82) is 0 Å². The number of hydrogen-bond donors (Lipinski definition) is 2. The van der Waals surface area contributed by atoms with Crippen LogP contribution in [0.5, 0.6) is 0 Å². The fraction of sp³-hybridized carbons (Fsp3) is 0.500. The van der Waals surface area contributed by atoms with Crippen molar-refractivity contribution < 1.29 is 10.2 Å². The highest BCUT2D eigenvalue weighted by Gasteiger charge is 2.18. The van der Waals surface area contributed by atoms with E-state index in [4.69, 9.17) is 5.11 Å². The van der Waals surface area contributed by atoms with Crippen LogP contribution in [-0.4, -0.2) is 65.4 Å². The van der Waals surface area contributed by atoms with Gasteiger partial charge in [0.25, 0.3) is 0 Å². The van der Waals surface area contributed by atoms with Gasteiger partial charge in [-0.25, -0.2) is 0 Å². The monoisotopic (exact) mass is 382 g/mol. The second kappa shape index (κ2) is 11.3. The zero-order chi connectivity index (χ0) is 19.6. The van der Waals surface area contributed by atoms with E-state index in [1.165, 1.54) is 31.2 Å². The van der Waals surface area contributed by atoms with Crippen LogP contribution < -0.4 is 0 Å². The molecule has 1 heterocycles. The van der Waals surface area contributed by atoms with Crippen LogP contribution in [0.1, 0.15) is 29.5 Å². The number of piperazine rings is 1. The maximum Gasteiger partial charge on any atom is 0.0897 e. The van der Waals surface area contributed by atoms with Crippen molar-refractivity contribution in [2.24, 2.45) is 0 Å². The summed E-state index contributed by atoms with van der Waals surface area (Å²) in [5.41, 5.74) is 4.50. The van der Waals surface area contributed by atoms with Crippen LogP contribution in [-0.2, 0) is 19.4 Å². The van der Waals surface area contributed by atoms with Crippen LogP contribution in [0, 0.1) is 0 Å². The second-order valence-corrected chi connectivity index (χ2v) is 7.87. The normalized spacial score (nSPS) is 18.6. The molecule has 2 aliphatic rings. The molecule has 1 saturated heterocycles. The smallest absolute Gasteiger partial charge is 0.0897 e. The molecule has 1 unspecified atom stereocenters. The molecule has 4 heteroatoms. The van der Waals surface area contributed by atoms with Gasteiger partial charge in [-0.1, -0.05) is 54.6 Å². The van der Waals surface area contributed by atoms with E-state index in [1.54, 1.807) is 11.1 Å². The van der Waals surface area contributed by atoms with E-state index in [9.17, 15) is 5.11 Å². The van der Waals surface area contributed by atoms with E-state index >= 15 is 0 Å². The molecule has 1 fully saturated rings. The fourth-order valence-corrected chi connectivity index (χ4v) is 4.00. The Kier molecular flexibility index (Phi) is 8.49. The molecule has 1 atom stereocenters. The molecule has 2 aromatic carbocycles. The molecule has 1 aliphatic carbocycles. The fourth-order valence-electron chi connectivity index (χ4n) is 4.00. The molecule has 0 bridgehead atoms. The molecule has 0 aromatic heterocycles. The minimum atomic E-state index is -0.606. The van der Waals surface area contributed by atoms with E-state index < -0.39 is 6.10 Å². The Morgan fingerprint density at radius 2 is 1.29 bits per heavy atom. The number of hydrogen-bond acceptors (Lipinski definition) is 4. The Morgan fingerprint density at radius 1 is 0.750 bits per heavy atom. The summed E-state index contributed by atoms with van der Waals surface area (Å²) in [6.07, 6.45) is 4.77. The summed E-state index contributed by atoms with van der Waals surface area (Å²) in [7, 11) is 0. The molecule has 0 spiro atoms. The Labute approximate surface area is 169 Å². The van der Waals surface area contributed by atoms with Crippen LogP contribution in [0.15, 0.2) is 54.6 Å². The number of nitrogens with zero attached hydrogens (tertiary/aromatic N) is 2. The van der Waals surface area contributed by atoms with Crippen molar-refractivity contribution in [3.63, 3.8) is 0 Å². The first-order chi connectivity index (χ1) is 13.7. The molecule has 0 saturated carbocycles. The molecule has 2 aromatic rings. The van der Waals surface area contributed by atoms with E-state index in [2.05, 4.69) is 58.3 Å². The first kappa shape index (κ1) is 21.0. The lowest BCUT2D eigenvalue weighted by Crippen LogP contribution is -2.48. The summed E-state index contributed by atoms with van der Waals surface area (Å²) in [5, 5.41) is 18.2. The molecule has 0 radical (unpaired) electrons. The Hall–Kier alpha value is -1.72. The summed E-state index contributed by atoms with van der Waals surface area (Å²) < 4.78 is 0. The number of aliphatic hydroxyl groups excluding tert-OH is 2. The molecule has 4 rings (SSSR count). The third-order valence-electron chi connectivity index (χ3n) is 5.65. The van der Waals surface area contributed by atoms with E-state index in [1.807, 2.05) is 6.07 Å². The standard InChI is InChI=1S/C14H22N2O2.C10H12/c17-12-14(18)11-16-8-6-15(7-9-16)10-13-4-2-1-3-5-13;1-2-6-10-8-4-3-7-9(10)5-1/h1-5,14,17-18H,6-12H2;1-2,5-6H,3-4,7-8H2. The zero-order valence-corrected chi connectivity index (χ0v) is 16.8. The van der Waals surface area contributed by atoms with E-state index in [-0.39, 0.29) is 6.61 Å². The van der Waals surface area contributed by atoms with Gasteiger partial charge in [0.05, 0.1) is 12.7 Å². The minimum absolute atomic E-state index is 0.149. The number of fused-ring (bicyclic) bond motifs is 1. The highest BCUT2D eigenvalue weighted by atomic mass is 16.3. The highest BCUT2D eigenvalue weighted by molar-refractivity contribution is 5.28. The number of β-amino-alcohol motifs (C(OH)–C–C–N with tert-alkyl or cyclic N) is 1. The lowest BCUT2D eigenvalue weighted by atomic mass is 9.92. The number of benzene rings is 2. The maximum atomic E-state index is 9.41. The predicted octanol–water partition coefficient (Wildman–Crippen LogP) is 2.72. The summed E-state index contributed by atoms with van der Waals surface area (Å²) >= 11 is 0. The Morgan fingerprint density at radius 3 is 1.86 bits per heavy atom. The summed E-state index contributed by atoms with van der Waals surface area (Å²) in [5.74, 6) is 0. The average Bonchev–Trinajstić information content (AvgIpc) is 2.76. The van der Waals surface area contributed by atoms with Crippen LogP contribution >= 0.6 is 0 Å². The maximum absolute atomic E-state index is 9.41. The first-order valence-electron chi connectivity index (χ1n) is 10.6. The van der Waals surface area contributed by atoms with Gasteiger partial charge in [0.1, 0.15) is 0 Å². The van der Waals surface area contributed by atoms with Gasteiger partial charge in [0.15, 0.2) is 0 Å². The van der Waals surface area contributed by atoms with Crippen molar-refractivity contribution in [2.75, 3.05) is 39.3 Å². The first-order valence-corrected chi connectivity index (χ1v) is 10.6. The van der Waals surface area contributed by atoms with Gasteiger partial charge in [-0.3, -0.25) is 9.80 Å². The van der Waals surface area contributed by atoms with Crippen LogP contribution in [0.4, 0.5) is 0 Å². The zero-order valence-electron chi connectivity index (χ0n) is 16.8. The van der Waals surface area contributed by atoms with Crippen LogP contribution in [0.2, 0.25) is 0 Å². The molecule has 152 valence electrons. The highest BCUT2D eigenvalue weighted by Crippen LogP contribution is 2.19. The minimum Gasteiger partial charge on any atom is -0.394 e. The van der Waals surface area contributed by atoms with E-state index in [0.717, 1.165) is 32.7 Å².